The molecule has 1 aromatic carbocycles. The lowest BCUT2D eigenvalue weighted by molar-refractivity contribution is 0.0950. The number of nitrogens with one attached hydrogen (secondary N) is 1. The lowest BCUT2D eigenvalue weighted by Gasteiger charge is -2.07. The minimum Gasteiger partial charge on any atom is -0.348 e. The van der Waals surface area contributed by atoms with Gasteiger partial charge in [0.25, 0.3) is 5.91 Å². The lowest BCUT2D eigenvalue weighted by Crippen LogP contribution is -2.22. The van der Waals surface area contributed by atoms with Crippen LogP contribution in [0, 0.1) is 6.92 Å². The molecule has 0 aliphatic rings. The Morgan fingerprint density at radius 1 is 1.13 bits per heavy atom. The maximum absolute atomic E-state index is 12.0. The second kappa shape index (κ2) is 6.87. The maximum Gasteiger partial charge on any atom is 0.253 e. The summed E-state index contributed by atoms with van der Waals surface area (Å²) in [6.45, 7) is 3.13. The van der Waals surface area contributed by atoms with Crippen LogP contribution < -0.4 is 5.32 Å². The van der Waals surface area contributed by atoms with Crippen molar-refractivity contribution in [3.63, 3.8) is 0 Å². The summed E-state index contributed by atoms with van der Waals surface area (Å²) >= 11 is 0. The molecule has 0 saturated carbocycles. The van der Waals surface area contributed by atoms with Gasteiger partial charge < -0.3 is 5.32 Å². The van der Waals surface area contributed by atoms with Gasteiger partial charge in [-0.1, -0.05) is 24.3 Å². The Morgan fingerprint density at radius 2 is 1.91 bits per heavy atom. The van der Waals surface area contributed by atoms with E-state index < -0.39 is 0 Å². The van der Waals surface area contributed by atoms with E-state index in [2.05, 4.69) is 27.5 Å². The molecule has 0 spiro atoms. The van der Waals surface area contributed by atoms with Gasteiger partial charge in [0.15, 0.2) is 0 Å². The third-order valence-corrected chi connectivity index (χ3v) is 3.55. The largest absolute Gasteiger partial charge is 0.348 e. The van der Waals surface area contributed by atoms with Crippen molar-refractivity contribution in [1.82, 2.24) is 20.1 Å². The number of aromatic nitrogens is 3. The first kappa shape index (κ1) is 15.0. The molecule has 0 bridgehead atoms. The molecule has 1 N–H and O–H groups in total. The van der Waals surface area contributed by atoms with E-state index >= 15 is 0 Å². The van der Waals surface area contributed by atoms with Crippen LogP contribution in [0.3, 0.4) is 0 Å². The van der Waals surface area contributed by atoms with Crippen molar-refractivity contribution >= 4 is 5.91 Å². The maximum atomic E-state index is 12.0. The van der Waals surface area contributed by atoms with Gasteiger partial charge in [-0.15, -0.1) is 0 Å². The van der Waals surface area contributed by atoms with Gasteiger partial charge in [-0.2, -0.15) is 5.10 Å². The summed E-state index contributed by atoms with van der Waals surface area (Å²) in [5.41, 5.74) is 3.70. The Morgan fingerprint density at radius 3 is 2.57 bits per heavy atom. The minimum absolute atomic E-state index is 0.113. The predicted octanol–water partition coefficient (Wildman–Crippen LogP) is 2.56. The lowest BCUT2D eigenvalue weighted by atomic mass is 10.1. The van der Waals surface area contributed by atoms with Gasteiger partial charge in [0.1, 0.15) is 0 Å². The van der Waals surface area contributed by atoms with Crippen LogP contribution in [-0.4, -0.2) is 20.7 Å². The molecule has 1 amide bonds. The van der Waals surface area contributed by atoms with E-state index in [1.165, 1.54) is 5.56 Å². The predicted molar refractivity (Wildman–Crippen MR) is 87.9 cm³/mol. The fourth-order valence-corrected chi connectivity index (χ4v) is 2.23. The van der Waals surface area contributed by atoms with Crippen LogP contribution >= 0.6 is 0 Å². The molecule has 0 aliphatic carbocycles. The molecule has 0 fully saturated rings. The molecule has 0 radical (unpaired) electrons. The average molecular weight is 306 g/mol. The van der Waals surface area contributed by atoms with Crippen molar-refractivity contribution in [3.05, 3.63) is 83.4 Å². The van der Waals surface area contributed by atoms with E-state index in [0.717, 1.165) is 17.8 Å². The van der Waals surface area contributed by atoms with Crippen LogP contribution in [0.5, 0.6) is 0 Å². The molecule has 3 rings (SSSR count). The topological polar surface area (TPSA) is 59.8 Å². The van der Waals surface area contributed by atoms with Gasteiger partial charge >= 0.3 is 0 Å². The minimum atomic E-state index is -0.113. The molecular formula is C18H18N4O. The van der Waals surface area contributed by atoms with E-state index in [4.69, 9.17) is 0 Å². The van der Waals surface area contributed by atoms with Crippen LogP contribution in [0.1, 0.15) is 27.2 Å². The molecule has 0 aliphatic heterocycles. The van der Waals surface area contributed by atoms with Crippen molar-refractivity contribution in [2.75, 3.05) is 0 Å². The summed E-state index contributed by atoms with van der Waals surface area (Å²) in [7, 11) is 0. The van der Waals surface area contributed by atoms with Crippen molar-refractivity contribution in [3.8, 4) is 0 Å². The Bertz CT molecular complexity index is 762. The van der Waals surface area contributed by atoms with Crippen LogP contribution in [0.2, 0.25) is 0 Å². The number of carbonyl (C=O) groups excluding carboxylic acids is 1. The normalized spacial score (nSPS) is 10.5. The standard InChI is InChI=1S/C18H18N4O/c1-14-3-8-17(12-19-14)18(23)20-11-15-4-6-16(7-5-15)13-22-10-2-9-21-22/h2-10,12H,11,13H2,1H3,(H,20,23). The van der Waals surface area contributed by atoms with Crippen molar-refractivity contribution in [1.29, 1.82) is 0 Å². The first-order valence-electron chi connectivity index (χ1n) is 7.47. The molecule has 0 saturated heterocycles. The fourth-order valence-electron chi connectivity index (χ4n) is 2.23. The molecular weight excluding hydrogens is 288 g/mol. The molecule has 0 atom stereocenters. The zero-order chi connectivity index (χ0) is 16.1. The first-order valence-corrected chi connectivity index (χ1v) is 7.47. The molecule has 2 heterocycles. The summed E-state index contributed by atoms with van der Waals surface area (Å²) in [6, 6.07) is 13.7. The number of rotatable bonds is 5. The van der Waals surface area contributed by atoms with Gasteiger partial charge in [-0.3, -0.25) is 14.5 Å². The second-order valence-electron chi connectivity index (χ2n) is 5.39. The third kappa shape index (κ3) is 4.03. The van der Waals surface area contributed by atoms with Crippen molar-refractivity contribution in [2.24, 2.45) is 0 Å². The summed E-state index contributed by atoms with van der Waals surface area (Å²) in [5, 5.41) is 7.09. The zero-order valence-corrected chi connectivity index (χ0v) is 12.9. The smallest absolute Gasteiger partial charge is 0.253 e. The zero-order valence-electron chi connectivity index (χ0n) is 12.9. The van der Waals surface area contributed by atoms with E-state index in [1.807, 2.05) is 42.1 Å². The number of nitrogens with zero attached hydrogens (tertiary/aromatic N) is 3. The molecule has 2 aromatic heterocycles. The number of aryl methyl sites for hydroxylation is 1. The number of hydrogen-bond acceptors (Lipinski definition) is 3. The van der Waals surface area contributed by atoms with Gasteiger partial charge in [0.05, 0.1) is 12.1 Å². The highest BCUT2D eigenvalue weighted by atomic mass is 16.1. The highest BCUT2D eigenvalue weighted by Crippen LogP contribution is 2.07. The second-order valence-corrected chi connectivity index (χ2v) is 5.39. The van der Waals surface area contributed by atoms with Gasteiger partial charge in [0, 0.05) is 30.8 Å². The Hall–Kier alpha value is -2.95. The van der Waals surface area contributed by atoms with Crippen LogP contribution in [0.15, 0.2) is 61.1 Å². The van der Waals surface area contributed by atoms with Crippen molar-refractivity contribution < 1.29 is 4.79 Å². The van der Waals surface area contributed by atoms with Crippen molar-refractivity contribution in [2.45, 2.75) is 20.0 Å². The molecule has 23 heavy (non-hydrogen) atoms. The average Bonchev–Trinajstić information content (AvgIpc) is 3.07. The van der Waals surface area contributed by atoms with E-state index in [0.29, 0.717) is 12.1 Å². The third-order valence-electron chi connectivity index (χ3n) is 3.55. The highest BCUT2D eigenvalue weighted by molar-refractivity contribution is 5.93. The Labute approximate surface area is 135 Å². The van der Waals surface area contributed by atoms with E-state index in [9.17, 15) is 4.79 Å². The number of pyridine rings is 1. The molecule has 3 aromatic rings. The molecule has 5 heteroatoms. The quantitative estimate of drug-likeness (QED) is 0.788. The highest BCUT2D eigenvalue weighted by Gasteiger charge is 2.05. The number of amides is 1. The first-order chi connectivity index (χ1) is 11.2. The summed E-state index contributed by atoms with van der Waals surface area (Å²) < 4.78 is 1.88. The molecule has 116 valence electrons. The van der Waals surface area contributed by atoms with E-state index in [-0.39, 0.29) is 5.91 Å². The van der Waals surface area contributed by atoms with Gasteiger partial charge in [-0.05, 0) is 36.2 Å². The summed E-state index contributed by atoms with van der Waals surface area (Å²) in [4.78, 5) is 16.2. The summed E-state index contributed by atoms with van der Waals surface area (Å²) in [5.74, 6) is -0.113. The number of hydrogen-bond donors (Lipinski definition) is 1. The number of carbonyl (C=O) groups is 1. The SMILES string of the molecule is Cc1ccc(C(=O)NCc2ccc(Cn3cccn3)cc2)cn1. The van der Waals surface area contributed by atoms with Gasteiger partial charge in [0.2, 0.25) is 0 Å². The summed E-state index contributed by atoms with van der Waals surface area (Å²) in [6.07, 6.45) is 5.30. The molecule has 5 nitrogen and oxygen atoms in total. The van der Waals surface area contributed by atoms with Gasteiger partial charge in [-0.25, -0.2) is 0 Å². The fraction of sp³-hybridized carbons (Fsp3) is 0.167. The number of benzene rings is 1. The molecule has 0 unspecified atom stereocenters. The Balaban J connectivity index is 1.56. The van der Waals surface area contributed by atoms with Crippen LogP contribution in [0.25, 0.3) is 0 Å². The Kier molecular flexibility index (Phi) is 4.47. The van der Waals surface area contributed by atoms with Crippen LogP contribution in [0.4, 0.5) is 0 Å². The van der Waals surface area contributed by atoms with Crippen LogP contribution in [-0.2, 0) is 13.1 Å². The monoisotopic (exact) mass is 306 g/mol. The van der Waals surface area contributed by atoms with E-state index in [1.54, 1.807) is 18.5 Å².